The number of hydrogen-bond acceptors (Lipinski definition) is 6. The van der Waals surface area contributed by atoms with Gasteiger partial charge in [0.15, 0.2) is 11.5 Å². The molecule has 1 aliphatic heterocycles. The van der Waals surface area contributed by atoms with Crippen LogP contribution in [0.4, 0.5) is 0 Å². The Morgan fingerprint density at radius 1 is 1.17 bits per heavy atom. The van der Waals surface area contributed by atoms with Crippen molar-refractivity contribution in [2.45, 2.75) is 6.54 Å². The van der Waals surface area contributed by atoms with Crippen LogP contribution in [-0.2, 0) is 6.54 Å². The highest BCUT2D eigenvalue weighted by Gasteiger charge is 2.19. The molecule has 0 fully saturated rings. The minimum Gasteiger partial charge on any atom is -0.497 e. The van der Waals surface area contributed by atoms with Gasteiger partial charge in [0.2, 0.25) is 6.79 Å². The van der Waals surface area contributed by atoms with E-state index >= 15 is 0 Å². The molecule has 0 aliphatic carbocycles. The van der Waals surface area contributed by atoms with Crippen molar-refractivity contribution >= 4 is 16.8 Å². The first-order chi connectivity index (χ1) is 14.1. The summed E-state index contributed by atoms with van der Waals surface area (Å²) in [6, 6.07) is 11.9. The van der Waals surface area contributed by atoms with Gasteiger partial charge in [-0.3, -0.25) is 9.59 Å². The predicted molar refractivity (Wildman–Crippen MR) is 106 cm³/mol. The minimum atomic E-state index is -0.304. The Morgan fingerprint density at radius 2 is 1.90 bits per heavy atom. The molecule has 150 valence electrons. The van der Waals surface area contributed by atoms with Crippen LogP contribution in [0.2, 0.25) is 0 Å². The zero-order valence-corrected chi connectivity index (χ0v) is 15.8. The normalized spacial score (nSPS) is 12.2. The molecule has 0 saturated carbocycles. The van der Waals surface area contributed by atoms with Gasteiger partial charge in [-0.1, -0.05) is 0 Å². The number of rotatable bonds is 6. The first kappa shape index (κ1) is 18.8. The van der Waals surface area contributed by atoms with Gasteiger partial charge in [0.25, 0.3) is 11.5 Å². The summed E-state index contributed by atoms with van der Waals surface area (Å²) in [7, 11) is 1.55. The zero-order valence-electron chi connectivity index (χ0n) is 15.8. The van der Waals surface area contributed by atoms with E-state index in [0.717, 1.165) is 5.39 Å². The number of aromatic amines is 1. The highest BCUT2D eigenvalue weighted by molar-refractivity contribution is 5.94. The second-order valence-electron chi connectivity index (χ2n) is 6.60. The van der Waals surface area contributed by atoms with Crippen molar-refractivity contribution in [1.29, 1.82) is 0 Å². The molecule has 2 aromatic carbocycles. The summed E-state index contributed by atoms with van der Waals surface area (Å²) in [6.07, 6.45) is 0. The van der Waals surface area contributed by atoms with Crippen molar-refractivity contribution in [2.75, 3.05) is 27.1 Å². The second-order valence-corrected chi connectivity index (χ2v) is 6.60. The van der Waals surface area contributed by atoms with E-state index in [0.29, 0.717) is 33.9 Å². The van der Waals surface area contributed by atoms with E-state index < -0.39 is 0 Å². The smallest absolute Gasteiger partial charge is 0.254 e. The number of nitrogens with zero attached hydrogens (tertiary/aromatic N) is 1. The van der Waals surface area contributed by atoms with Crippen LogP contribution in [0.1, 0.15) is 15.9 Å². The lowest BCUT2D eigenvalue weighted by Gasteiger charge is -2.22. The molecule has 2 heterocycles. The number of benzene rings is 2. The first-order valence-electron chi connectivity index (χ1n) is 9.09. The average Bonchev–Trinajstić information content (AvgIpc) is 3.19. The fourth-order valence-electron chi connectivity index (χ4n) is 3.25. The highest BCUT2D eigenvalue weighted by Crippen LogP contribution is 2.35. The summed E-state index contributed by atoms with van der Waals surface area (Å²) in [4.78, 5) is 29.7. The molecule has 8 nitrogen and oxygen atoms in total. The topological polar surface area (TPSA) is 101 Å². The molecule has 0 spiro atoms. The number of fused-ring (bicyclic) bond motifs is 2. The highest BCUT2D eigenvalue weighted by atomic mass is 16.7. The van der Waals surface area contributed by atoms with Gasteiger partial charge in [0.1, 0.15) is 5.75 Å². The van der Waals surface area contributed by atoms with Gasteiger partial charge in [0.05, 0.1) is 25.8 Å². The Hall–Kier alpha value is -3.52. The van der Waals surface area contributed by atoms with Gasteiger partial charge in [-0.2, -0.15) is 0 Å². The molecular formula is C21H20N2O6. The summed E-state index contributed by atoms with van der Waals surface area (Å²) in [5.41, 5.74) is 1.17. The monoisotopic (exact) mass is 396 g/mol. The summed E-state index contributed by atoms with van der Waals surface area (Å²) < 4.78 is 15.8. The van der Waals surface area contributed by atoms with Gasteiger partial charge >= 0.3 is 0 Å². The summed E-state index contributed by atoms with van der Waals surface area (Å²) in [6.45, 7) is 0.0874. The molecule has 1 aliphatic rings. The van der Waals surface area contributed by atoms with E-state index in [1.54, 1.807) is 49.6 Å². The largest absolute Gasteiger partial charge is 0.497 e. The van der Waals surface area contributed by atoms with Crippen molar-refractivity contribution in [1.82, 2.24) is 9.88 Å². The molecule has 0 radical (unpaired) electrons. The van der Waals surface area contributed by atoms with Crippen LogP contribution in [0.25, 0.3) is 10.9 Å². The molecule has 2 N–H and O–H groups in total. The summed E-state index contributed by atoms with van der Waals surface area (Å²) in [5.74, 6) is 1.54. The lowest BCUT2D eigenvalue weighted by atomic mass is 10.1. The number of aliphatic hydroxyl groups excluding tert-OH is 1. The molecule has 8 heteroatoms. The van der Waals surface area contributed by atoms with Crippen molar-refractivity contribution in [3.63, 3.8) is 0 Å². The number of carbonyl (C=O) groups is 1. The van der Waals surface area contributed by atoms with E-state index in [9.17, 15) is 14.7 Å². The second kappa shape index (κ2) is 7.84. The number of amides is 1. The quantitative estimate of drug-likeness (QED) is 0.660. The lowest BCUT2D eigenvalue weighted by Crippen LogP contribution is -2.35. The van der Waals surface area contributed by atoms with Gasteiger partial charge < -0.3 is 29.2 Å². The predicted octanol–water partition coefficient (Wildman–Crippen LogP) is 1.90. The Balaban J connectivity index is 1.64. The van der Waals surface area contributed by atoms with Crippen molar-refractivity contribution in [3.05, 3.63) is 63.9 Å². The molecular weight excluding hydrogens is 376 g/mol. The number of hydrogen-bond donors (Lipinski definition) is 2. The van der Waals surface area contributed by atoms with E-state index in [4.69, 9.17) is 14.2 Å². The minimum absolute atomic E-state index is 0.0607. The number of aliphatic hydroxyl groups is 1. The van der Waals surface area contributed by atoms with Crippen LogP contribution in [0, 0.1) is 0 Å². The Kier molecular flexibility index (Phi) is 5.09. The molecule has 0 atom stereocenters. The zero-order chi connectivity index (χ0) is 20.4. The molecule has 3 aromatic rings. The SMILES string of the molecule is COc1ccc(C(=O)N(CCO)Cc2cc3cc4c(cc3[nH]c2=O)OCO4)cc1. The number of pyridine rings is 1. The third kappa shape index (κ3) is 3.74. The van der Waals surface area contributed by atoms with E-state index in [1.807, 2.05) is 0 Å². The molecule has 0 unspecified atom stereocenters. The van der Waals surface area contributed by atoms with Gasteiger partial charge in [-0.25, -0.2) is 0 Å². The average molecular weight is 396 g/mol. The van der Waals surface area contributed by atoms with Crippen LogP contribution in [0.5, 0.6) is 17.2 Å². The third-order valence-corrected chi connectivity index (χ3v) is 4.77. The Labute approximate surface area is 166 Å². The molecule has 4 rings (SSSR count). The molecule has 0 bridgehead atoms. The maximum absolute atomic E-state index is 12.9. The van der Waals surface area contributed by atoms with Crippen molar-refractivity contribution in [3.8, 4) is 17.2 Å². The molecule has 29 heavy (non-hydrogen) atoms. The number of methoxy groups -OCH3 is 1. The van der Waals surface area contributed by atoms with Crippen molar-refractivity contribution < 1.29 is 24.1 Å². The molecule has 1 amide bonds. The maximum Gasteiger partial charge on any atom is 0.254 e. The standard InChI is InChI=1S/C21H20N2O6/c1-27-16-4-2-13(3-5-16)21(26)23(6-7-24)11-15-8-14-9-18-19(29-12-28-18)10-17(14)22-20(15)25/h2-5,8-10,24H,6-7,11-12H2,1H3,(H,22,25). The van der Waals surface area contributed by atoms with Crippen LogP contribution in [0.3, 0.4) is 0 Å². The number of H-pyrrole nitrogens is 1. The summed E-state index contributed by atoms with van der Waals surface area (Å²) in [5, 5.41) is 10.2. The van der Waals surface area contributed by atoms with E-state index in [2.05, 4.69) is 4.98 Å². The molecule has 1 aromatic heterocycles. The first-order valence-corrected chi connectivity index (χ1v) is 9.09. The lowest BCUT2D eigenvalue weighted by molar-refractivity contribution is 0.0707. The number of nitrogens with one attached hydrogen (secondary N) is 1. The van der Waals surface area contributed by atoms with Crippen LogP contribution in [0.15, 0.2) is 47.3 Å². The van der Waals surface area contributed by atoms with Crippen LogP contribution >= 0.6 is 0 Å². The van der Waals surface area contributed by atoms with Crippen molar-refractivity contribution in [2.24, 2.45) is 0 Å². The maximum atomic E-state index is 12.9. The number of aromatic nitrogens is 1. The third-order valence-electron chi connectivity index (χ3n) is 4.77. The fraction of sp³-hybridized carbons (Fsp3) is 0.238. The number of carbonyl (C=O) groups excluding carboxylic acids is 1. The number of ether oxygens (including phenoxy) is 3. The van der Waals surface area contributed by atoms with Crippen LogP contribution < -0.4 is 19.8 Å². The van der Waals surface area contributed by atoms with Gasteiger partial charge in [-0.05, 0) is 36.4 Å². The van der Waals surface area contributed by atoms with Crippen LogP contribution in [-0.4, -0.2) is 48.0 Å². The van der Waals surface area contributed by atoms with E-state index in [1.165, 1.54) is 4.90 Å². The Bertz CT molecular complexity index is 1110. The Morgan fingerprint density at radius 3 is 2.59 bits per heavy atom. The fourth-order valence-corrected chi connectivity index (χ4v) is 3.25. The van der Waals surface area contributed by atoms with E-state index in [-0.39, 0.29) is 38.0 Å². The van der Waals surface area contributed by atoms with Gasteiger partial charge in [0, 0.05) is 29.1 Å². The summed E-state index contributed by atoms with van der Waals surface area (Å²) >= 11 is 0. The molecule has 0 saturated heterocycles. The van der Waals surface area contributed by atoms with Gasteiger partial charge in [-0.15, -0.1) is 0 Å².